The molecule has 82 valence electrons. The highest BCUT2D eigenvalue weighted by atomic mass is 19.1. The van der Waals surface area contributed by atoms with Crippen LogP contribution in [-0.4, -0.2) is 32.4 Å². The van der Waals surface area contributed by atoms with Crippen molar-refractivity contribution in [3.8, 4) is 5.75 Å². The molecule has 1 heterocycles. The van der Waals surface area contributed by atoms with E-state index in [0.29, 0.717) is 19.0 Å². The van der Waals surface area contributed by atoms with Gasteiger partial charge in [0.05, 0.1) is 19.3 Å². The van der Waals surface area contributed by atoms with Crippen molar-refractivity contribution in [3.63, 3.8) is 0 Å². The monoisotopic (exact) mass is 211 g/mol. The van der Waals surface area contributed by atoms with E-state index in [0.717, 1.165) is 13.2 Å². The second-order valence-electron chi connectivity index (χ2n) is 3.47. The Morgan fingerprint density at radius 3 is 3.07 bits per heavy atom. The summed E-state index contributed by atoms with van der Waals surface area (Å²) in [5.74, 6) is -0.0286. The van der Waals surface area contributed by atoms with E-state index in [-0.39, 0.29) is 11.9 Å². The predicted molar refractivity (Wildman–Crippen MR) is 54.5 cm³/mol. The molecule has 0 aliphatic carbocycles. The van der Waals surface area contributed by atoms with Crippen LogP contribution in [0.15, 0.2) is 24.3 Å². The van der Waals surface area contributed by atoms with Crippen molar-refractivity contribution in [2.24, 2.45) is 0 Å². The molecule has 2 rings (SSSR count). The molecule has 3 nitrogen and oxygen atoms in total. The zero-order valence-electron chi connectivity index (χ0n) is 8.41. The molecule has 0 radical (unpaired) electrons. The Morgan fingerprint density at radius 1 is 1.47 bits per heavy atom. The summed E-state index contributed by atoms with van der Waals surface area (Å²) < 4.78 is 23.8. The van der Waals surface area contributed by atoms with Crippen molar-refractivity contribution in [3.05, 3.63) is 30.1 Å². The van der Waals surface area contributed by atoms with Crippen LogP contribution in [0.25, 0.3) is 0 Å². The zero-order valence-corrected chi connectivity index (χ0v) is 8.41. The van der Waals surface area contributed by atoms with Crippen molar-refractivity contribution in [2.45, 2.75) is 6.04 Å². The SMILES string of the molecule is Fc1ccccc1OCC1COCCN1. The molecular weight excluding hydrogens is 197 g/mol. The summed E-state index contributed by atoms with van der Waals surface area (Å²) in [5, 5.41) is 3.24. The van der Waals surface area contributed by atoms with Gasteiger partial charge in [0.25, 0.3) is 0 Å². The number of morpholine rings is 1. The summed E-state index contributed by atoms with van der Waals surface area (Å²) in [6.07, 6.45) is 0. The van der Waals surface area contributed by atoms with E-state index in [1.54, 1.807) is 18.2 Å². The average Bonchev–Trinajstić information content (AvgIpc) is 2.29. The fraction of sp³-hybridized carbons (Fsp3) is 0.455. The van der Waals surface area contributed by atoms with Crippen LogP contribution in [0, 0.1) is 5.82 Å². The van der Waals surface area contributed by atoms with Crippen LogP contribution in [0.2, 0.25) is 0 Å². The van der Waals surface area contributed by atoms with E-state index >= 15 is 0 Å². The topological polar surface area (TPSA) is 30.5 Å². The maximum Gasteiger partial charge on any atom is 0.165 e. The lowest BCUT2D eigenvalue weighted by Gasteiger charge is -2.23. The van der Waals surface area contributed by atoms with E-state index in [4.69, 9.17) is 9.47 Å². The first-order chi connectivity index (χ1) is 7.36. The second kappa shape index (κ2) is 5.09. The molecule has 4 heteroatoms. The molecule has 1 saturated heterocycles. The molecule has 0 spiro atoms. The number of ether oxygens (including phenoxy) is 2. The molecule has 15 heavy (non-hydrogen) atoms. The standard InChI is InChI=1S/C11H14FNO2/c12-10-3-1-2-4-11(10)15-8-9-7-14-6-5-13-9/h1-4,9,13H,5-8H2. The molecular formula is C11H14FNO2. The summed E-state index contributed by atoms with van der Waals surface area (Å²) >= 11 is 0. The van der Waals surface area contributed by atoms with Crippen LogP contribution in [-0.2, 0) is 4.74 Å². The number of rotatable bonds is 3. The Hall–Kier alpha value is -1.13. The predicted octanol–water partition coefficient (Wildman–Crippen LogP) is 1.19. The van der Waals surface area contributed by atoms with Crippen LogP contribution in [0.1, 0.15) is 0 Å². The third-order valence-electron chi connectivity index (χ3n) is 2.28. The Morgan fingerprint density at radius 2 is 2.33 bits per heavy atom. The van der Waals surface area contributed by atoms with Gasteiger partial charge in [0.15, 0.2) is 11.6 Å². The number of hydrogen-bond acceptors (Lipinski definition) is 3. The van der Waals surface area contributed by atoms with Gasteiger partial charge < -0.3 is 14.8 Å². The fourth-order valence-corrected chi connectivity index (χ4v) is 1.48. The lowest BCUT2D eigenvalue weighted by molar-refractivity contribution is 0.0586. The minimum absolute atomic E-state index is 0.151. The van der Waals surface area contributed by atoms with E-state index in [9.17, 15) is 4.39 Å². The van der Waals surface area contributed by atoms with Crippen molar-refractivity contribution >= 4 is 0 Å². The van der Waals surface area contributed by atoms with Gasteiger partial charge >= 0.3 is 0 Å². The Labute approximate surface area is 88.2 Å². The van der Waals surface area contributed by atoms with Crippen LogP contribution in [0.4, 0.5) is 4.39 Å². The third-order valence-corrected chi connectivity index (χ3v) is 2.28. The zero-order chi connectivity index (χ0) is 10.5. The highest BCUT2D eigenvalue weighted by Crippen LogP contribution is 2.15. The van der Waals surface area contributed by atoms with Crippen molar-refractivity contribution < 1.29 is 13.9 Å². The van der Waals surface area contributed by atoms with Crippen molar-refractivity contribution in [1.82, 2.24) is 5.32 Å². The summed E-state index contributed by atoms with van der Waals surface area (Å²) in [6.45, 7) is 2.61. The Balaban J connectivity index is 1.84. The van der Waals surface area contributed by atoms with Crippen LogP contribution < -0.4 is 10.1 Å². The van der Waals surface area contributed by atoms with E-state index in [2.05, 4.69) is 5.32 Å². The highest BCUT2D eigenvalue weighted by molar-refractivity contribution is 5.23. The van der Waals surface area contributed by atoms with Crippen LogP contribution >= 0.6 is 0 Å². The third kappa shape index (κ3) is 2.91. The first kappa shape index (κ1) is 10.4. The number of benzene rings is 1. The van der Waals surface area contributed by atoms with Gasteiger partial charge in [-0.05, 0) is 12.1 Å². The van der Waals surface area contributed by atoms with Gasteiger partial charge in [-0.1, -0.05) is 12.1 Å². The lowest BCUT2D eigenvalue weighted by atomic mass is 10.3. The van der Waals surface area contributed by atoms with Gasteiger partial charge in [-0.2, -0.15) is 0 Å². The number of para-hydroxylation sites is 1. The van der Waals surface area contributed by atoms with Gasteiger partial charge in [-0.3, -0.25) is 0 Å². The minimum Gasteiger partial charge on any atom is -0.489 e. The molecule has 1 atom stereocenters. The number of hydrogen-bond donors (Lipinski definition) is 1. The van der Waals surface area contributed by atoms with Gasteiger partial charge in [-0.25, -0.2) is 4.39 Å². The van der Waals surface area contributed by atoms with Gasteiger partial charge in [0.1, 0.15) is 6.61 Å². The number of halogens is 1. The average molecular weight is 211 g/mol. The quantitative estimate of drug-likeness (QED) is 0.814. The van der Waals surface area contributed by atoms with E-state index in [1.807, 2.05) is 0 Å². The van der Waals surface area contributed by atoms with Crippen LogP contribution in [0.3, 0.4) is 0 Å². The maximum atomic E-state index is 13.2. The molecule has 1 aliphatic rings. The van der Waals surface area contributed by atoms with Gasteiger partial charge in [-0.15, -0.1) is 0 Å². The first-order valence-electron chi connectivity index (χ1n) is 5.05. The summed E-state index contributed by atoms with van der Waals surface area (Å²) in [7, 11) is 0. The fourth-order valence-electron chi connectivity index (χ4n) is 1.48. The maximum absolute atomic E-state index is 13.2. The van der Waals surface area contributed by atoms with Crippen LogP contribution in [0.5, 0.6) is 5.75 Å². The molecule has 0 aromatic heterocycles. The molecule has 0 bridgehead atoms. The first-order valence-corrected chi connectivity index (χ1v) is 5.05. The smallest absolute Gasteiger partial charge is 0.165 e. The molecule has 1 fully saturated rings. The minimum atomic E-state index is -0.325. The van der Waals surface area contributed by atoms with Gasteiger partial charge in [0.2, 0.25) is 0 Å². The molecule has 1 aliphatic heterocycles. The highest BCUT2D eigenvalue weighted by Gasteiger charge is 2.14. The summed E-state index contributed by atoms with van der Waals surface area (Å²) in [4.78, 5) is 0. The summed E-state index contributed by atoms with van der Waals surface area (Å²) in [5.41, 5.74) is 0. The van der Waals surface area contributed by atoms with Gasteiger partial charge in [0, 0.05) is 6.54 Å². The van der Waals surface area contributed by atoms with E-state index < -0.39 is 0 Å². The Kier molecular flexibility index (Phi) is 3.53. The summed E-state index contributed by atoms with van der Waals surface area (Å²) in [6, 6.07) is 6.56. The molecule has 1 aromatic carbocycles. The molecule has 1 unspecified atom stereocenters. The molecule has 1 N–H and O–H groups in total. The Bertz CT molecular complexity index is 313. The molecule has 1 aromatic rings. The molecule has 0 saturated carbocycles. The number of nitrogens with one attached hydrogen (secondary N) is 1. The lowest BCUT2D eigenvalue weighted by Crippen LogP contribution is -2.44. The van der Waals surface area contributed by atoms with Crippen molar-refractivity contribution in [1.29, 1.82) is 0 Å². The normalized spacial score (nSPS) is 21.3. The second-order valence-corrected chi connectivity index (χ2v) is 3.47. The largest absolute Gasteiger partial charge is 0.489 e. The molecule has 0 amide bonds. The van der Waals surface area contributed by atoms with E-state index in [1.165, 1.54) is 6.07 Å². The van der Waals surface area contributed by atoms with Crippen molar-refractivity contribution in [2.75, 3.05) is 26.4 Å².